The number of aliphatic hydroxyl groups is 1. The van der Waals surface area contributed by atoms with Crippen molar-refractivity contribution in [3.05, 3.63) is 0 Å². The van der Waals surface area contributed by atoms with Crippen molar-refractivity contribution in [1.82, 2.24) is 10.2 Å². The molecule has 2 aliphatic carbocycles. The molecule has 0 heterocycles. The van der Waals surface area contributed by atoms with Crippen molar-refractivity contribution in [2.75, 3.05) is 19.7 Å². The van der Waals surface area contributed by atoms with Gasteiger partial charge in [-0.3, -0.25) is 4.90 Å². The van der Waals surface area contributed by atoms with Gasteiger partial charge in [0.25, 0.3) is 0 Å². The first kappa shape index (κ1) is 15.3. The van der Waals surface area contributed by atoms with Gasteiger partial charge in [0.15, 0.2) is 0 Å². The summed E-state index contributed by atoms with van der Waals surface area (Å²) >= 11 is 0. The first-order valence-electron chi connectivity index (χ1n) is 8.36. The minimum Gasteiger partial charge on any atom is -0.394 e. The van der Waals surface area contributed by atoms with E-state index in [0.717, 1.165) is 25.4 Å². The summed E-state index contributed by atoms with van der Waals surface area (Å²) in [6, 6.07) is 1.55. The number of likely N-dealkylation sites (N-methyl/N-ethyl adjacent to an activating group) is 1. The molecule has 112 valence electrons. The summed E-state index contributed by atoms with van der Waals surface area (Å²) in [6.45, 7) is 6.95. The van der Waals surface area contributed by atoms with Crippen molar-refractivity contribution in [3.63, 3.8) is 0 Å². The molecule has 2 atom stereocenters. The molecule has 0 aromatic carbocycles. The summed E-state index contributed by atoms with van der Waals surface area (Å²) in [7, 11) is 0. The van der Waals surface area contributed by atoms with Crippen molar-refractivity contribution < 1.29 is 5.11 Å². The second-order valence-corrected chi connectivity index (χ2v) is 6.54. The summed E-state index contributed by atoms with van der Waals surface area (Å²) in [5.41, 5.74) is -0.00296. The fourth-order valence-corrected chi connectivity index (χ4v) is 3.76. The molecule has 0 amide bonds. The molecule has 2 unspecified atom stereocenters. The van der Waals surface area contributed by atoms with E-state index in [1.54, 1.807) is 0 Å². The number of rotatable bonds is 8. The number of hydrogen-bond acceptors (Lipinski definition) is 3. The van der Waals surface area contributed by atoms with Crippen LogP contribution in [0.2, 0.25) is 0 Å². The van der Waals surface area contributed by atoms with Crippen LogP contribution in [0.25, 0.3) is 0 Å². The molecule has 2 saturated carbocycles. The Morgan fingerprint density at radius 2 is 2.00 bits per heavy atom. The van der Waals surface area contributed by atoms with Crippen LogP contribution in [-0.2, 0) is 0 Å². The second kappa shape index (κ2) is 7.05. The lowest BCUT2D eigenvalue weighted by atomic mass is 9.78. The Hall–Kier alpha value is -0.120. The van der Waals surface area contributed by atoms with E-state index in [1.807, 2.05) is 0 Å². The Bertz CT molecular complexity index is 263. The summed E-state index contributed by atoms with van der Waals surface area (Å²) in [4.78, 5) is 2.77. The van der Waals surface area contributed by atoms with E-state index in [2.05, 4.69) is 24.1 Å². The highest BCUT2D eigenvalue weighted by Crippen LogP contribution is 2.37. The van der Waals surface area contributed by atoms with Gasteiger partial charge in [0.1, 0.15) is 0 Å². The maximum Gasteiger partial charge on any atom is 0.0613 e. The van der Waals surface area contributed by atoms with Crippen LogP contribution in [0.15, 0.2) is 0 Å². The zero-order valence-electron chi connectivity index (χ0n) is 12.8. The Balaban J connectivity index is 1.97. The highest BCUT2D eigenvalue weighted by atomic mass is 16.3. The summed E-state index contributed by atoms with van der Waals surface area (Å²) in [5.74, 6) is 0. The molecule has 2 fully saturated rings. The molecule has 2 rings (SSSR count). The molecule has 0 saturated heterocycles. The molecular weight excluding hydrogens is 236 g/mol. The van der Waals surface area contributed by atoms with Gasteiger partial charge in [-0.2, -0.15) is 0 Å². The summed E-state index contributed by atoms with van der Waals surface area (Å²) < 4.78 is 0. The van der Waals surface area contributed by atoms with E-state index in [-0.39, 0.29) is 5.54 Å². The smallest absolute Gasteiger partial charge is 0.0613 e. The summed E-state index contributed by atoms with van der Waals surface area (Å²) in [6.07, 6.45) is 10.3. The average molecular weight is 268 g/mol. The number of nitrogens with one attached hydrogen (secondary N) is 1. The number of aliphatic hydroxyl groups excluding tert-OH is 1. The maximum absolute atomic E-state index is 9.82. The van der Waals surface area contributed by atoms with E-state index < -0.39 is 0 Å². The third-order valence-corrected chi connectivity index (χ3v) is 4.93. The standard InChI is InChI=1S/C16H32N2O/c1-3-5-11-18(14-8-9-14)15-7-6-10-16(12-15,13-19)17-4-2/h14-15,17,19H,3-13H2,1-2H3. The lowest BCUT2D eigenvalue weighted by Crippen LogP contribution is -2.56. The molecule has 0 bridgehead atoms. The van der Waals surface area contributed by atoms with E-state index in [1.165, 1.54) is 45.1 Å². The normalized spacial score (nSPS) is 31.9. The van der Waals surface area contributed by atoms with Crippen molar-refractivity contribution in [2.45, 2.75) is 82.8 Å². The molecule has 3 nitrogen and oxygen atoms in total. The quantitative estimate of drug-likeness (QED) is 0.710. The van der Waals surface area contributed by atoms with E-state index in [9.17, 15) is 5.11 Å². The van der Waals surface area contributed by atoms with Crippen molar-refractivity contribution >= 4 is 0 Å². The zero-order valence-corrected chi connectivity index (χ0v) is 12.8. The minimum atomic E-state index is -0.00296. The Kier molecular flexibility index (Phi) is 5.67. The van der Waals surface area contributed by atoms with Crippen LogP contribution in [0.5, 0.6) is 0 Å². The highest BCUT2D eigenvalue weighted by molar-refractivity contribution is 4.99. The van der Waals surface area contributed by atoms with Gasteiger partial charge in [0, 0.05) is 17.6 Å². The van der Waals surface area contributed by atoms with Crippen LogP contribution in [0, 0.1) is 0 Å². The van der Waals surface area contributed by atoms with Crippen LogP contribution in [0.1, 0.15) is 65.2 Å². The largest absolute Gasteiger partial charge is 0.394 e. The van der Waals surface area contributed by atoms with Crippen LogP contribution in [-0.4, -0.2) is 47.3 Å². The molecule has 0 spiro atoms. The summed E-state index contributed by atoms with van der Waals surface area (Å²) in [5, 5.41) is 13.4. The van der Waals surface area contributed by atoms with Crippen molar-refractivity contribution in [3.8, 4) is 0 Å². The van der Waals surface area contributed by atoms with Gasteiger partial charge in [0.2, 0.25) is 0 Å². The predicted molar refractivity (Wildman–Crippen MR) is 80.4 cm³/mol. The Labute approximate surface area is 118 Å². The lowest BCUT2D eigenvalue weighted by molar-refractivity contribution is 0.0557. The minimum absolute atomic E-state index is 0.00296. The van der Waals surface area contributed by atoms with Crippen LogP contribution < -0.4 is 5.32 Å². The molecule has 19 heavy (non-hydrogen) atoms. The van der Waals surface area contributed by atoms with Gasteiger partial charge in [-0.25, -0.2) is 0 Å². The van der Waals surface area contributed by atoms with Crippen LogP contribution in [0.3, 0.4) is 0 Å². The fraction of sp³-hybridized carbons (Fsp3) is 1.00. The molecule has 2 aliphatic rings. The number of nitrogens with zero attached hydrogens (tertiary/aromatic N) is 1. The average Bonchev–Trinajstić information content (AvgIpc) is 3.25. The van der Waals surface area contributed by atoms with Crippen LogP contribution in [0.4, 0.5) is 0 Å². The topological polar surface area (TPSA) is 35.5 Å². The first-order chi connectivity index (χ1) is 9.24. The molecule has 0 aliphatic heterocycles. The molecule has 2 N–H and O–H groups in total. The van der Waals surface area contributed by atoms with Gasteiger partial charge >= 0.3 is 0 Å². The van der Waals surface area contributed by atoms with Gasteiger partial charge < -0.3 is 10.4 Å². The molecule has 0 aromatic rings. The zero-order chi connectivity index (χ0) is 13.7. The Morgan fingerprint density at radius 1 is 1.21 bits per heavy atom. The van der Waals surface area contributed by atoms with E-state index in [4.69, 9.17) is 0 Å². The van der Waals surface area contributed by atoms with Crippen LogP contribution >= 0.6 is 0 Å². The first-order valence-corrected chi connectivity index (χ1v) is 8.36. The van der Waals surface area contributed by atoms with Gasteiger partial charge in [0.05, 0.1) is 6.61 Å². The van der Waals surface area contributed by atoms with E-state index >= 15 is 0 Å². The van der Waals surface area contributed by atoms with Gasteiger partial charge in [-0.15, -0.1) is 0 Å². The predicted octanol–water partition coefficient (Wildman–Crippen LogP) is 2.53. The Morgan fingerprint density at radius 3 is 2.58 bits per heavy atom. The van der Waals surface area contributed by atoms with Crippen molar-refractivity contribution in [1.29, 1.82) is 0 Å². The SMILES string of the molecule is CCCCN(C1CC1)C1CCCC(CO)(NCC)C1. The maximum atomic E-state index is 9.82. The third kappa shape index (κ3) is 3.93. The van der Waals surface area contributed by atoms with Gasteiger partial charge in [-0.05, 0) is 58.0 Å². The molecule has 0 radical (unpaired) electrons. The molecule has 0 aromatic heterocycles. The molecular formula is C16H32N2O. The highest BCUT2D eigenvalue weighted by Gasteiger charge is 2.41. The molecule has 3 heteroatoms. The number of unbranched alkanes of at least 4 members (excludes halogenated alkanes) is 1. The van der Waals surface area contributed by atoms with Crippen molar-refractivity contribution in [2.24, 2.45) is 0 Å². The van der Waals surface area contributed by atoms with E-state index in [0.29, 0.717) is 12.6 Å². The van der Waals surface area contributed by atoms with Gasteiger partial charge in [-0.1, -0.05) is 20.3 Å². The number of hydrogen-bond donors (Lipinski definition) is 2. The fourth-order valence-electron chi connectivity index (χ4n) is 3.76. The lowest BCUT2D eigenvalue weighted by Gasteiger charge is -2.44. The third-order valence-electron chi connectivity index (χ3n) is 4.93. The monoisotopic (exact) mass is 268 g/mol. The second-order valence-electron chi connectivity index (χ2n) is 6.54.